The molecule has 2 amide bonds. The van der Waals surface area contributed by atoms with E-state index in [9.17, 15) is 4.79 Å². The van der Waals surface area contributed by atoms with Crippen molar-refractivity contribution in [3.8, 4) is 0 Å². The third kappa shape index (κ3) is 3.64. The van der Waals surface area contributed by atoms with E-state index < -0.39 is 0 Å². The maximum absolute atomic E-state index is 13.0. The van der Waals surface area contributed by atoms with E-state index in [-0.39, 0.29) is 6.03 Å². The molecule has 1 saturated carbocycles. The lowest BCUT2D eigenvalue weighted by atomic mass is 9.96. The molecule has 0 atom stereocenters. The minimum atomic E-state index is -0.00861. The summed E-state index contributed by atoms with van der Waals surface area (Å²) in [5, 5.41) is 7.93. The number of carbonyl (C=O) groups is 1. The van der Waals surface area contributed by atoms with E-state index >= 15 is 0 Å². The van der Waals surface area contributed by atoms with Crippen molar-refractivity contribution in [2.75, 3.05) is 0 Å². The third-order valence-corrected chi connectivity index (χ3v) is 5.69. The molecule has 2 aliphatic rings. The second-order valence-corrected chi connectivity index (χ2v) is 7.57. The van der Waals surface area contributed by atoms with Gasteiger partial charge in [-0.15, -0.1) is 0 Å². The predicted molar refractivity (Wildman–Crippen MR) is 98.6 cm³/mol. The number of carbonyl (C=O) groups excluding carboxylic acids is 1. The van der Waals surface area contributed by atoms with Crippen LogP contribution in [0.4, 0.5) is 4.79 Å². The van der Waals surface area contributed by atoms with Gasteiger partial charge < -0.3 is 14.6 Å². The summed E-state index contributed by atoms with van der Waals surface area (Å²) < 4.78 is 7.48. The first-order valence-electron chi connectivity index (χ1n) is 9.82. The highest BCUT2D eigenvalue weighted by atomic mass is 16.3. The second-order valence-electron chi connectivity index (χ2n) is 7.57. The van der Waals surface area contributed by atoms with Crippen LogP contribution in [-0.4, -0.2) is 26.8 Å². The molecular weight excluding hydrogens is 328 g/mol. The van der Waals surface area contributed by atoms with Gasteiger partial charge in [-0.2, -0.15) is 5.10 Å². The van der Waals surface area contributed by atoms with Crippen LogP contribution in [0.1, 0.15) is 61.2 Å². The van der Waals surface area contributed by atoms with Crippen molar-refractivity contribution >= 4 is 6.03 Å². The Labute approximate surface area is 154 Å². The average Bonchev–Trinajstić information content (AvgIpc) is 3.37. The summed E-state index contributed by atoms with van der Waals surface area (Å²) in [5.74, 6) is 0.802. The third-order valence-electron chi connectivity index (χ3n) is 5.69. The fourth-order valence-electron chi connectivity index (χ4n) is 4.31. The van der Waals surface area contributed by atoms with Crippen molar-refractivity contribution < 1.29 is 9.21 Å². The molecule has 2 aliphatic carbocycles. The number of hydrogen-bond acceptors (Lipinski definition) is 3. The molecule has 6 nitrogen and oxygen atoms in total. The Morgan fingerprint density at radius 3 is 2.88 bits per heavy atom. The summed E-state index contributed by atoms with van der Waals surface area (Å²) in [4.78, 5) is 14.8. The van der Waals surface area contributed by atoms with Crippen molar-refractivity contribution in [2.24, 2.45) is 7.05 Å². The monoisotopic (exact) mass is 356 g/mol. The standard InChI is InChI=1S/C20H28N4O2/c1-23-19-11-5-10-17(19)18(22-23)14-24(13-16-9-6-12-26-16)20(25)21-15-7-3-2-4-8-15/h6,9,12,15H,2-5,7-8,10-11,13-14H2,1H3,(H,21,25). The summed E-state index contributed by atoms with van der Waals surface area (Å²) in [5.41, 5.74) is 3.69. The molecular formula is C20H28N4O2. The lowest BCUT2D eigenvalue weighted by Crippen LogP contribution is -2.45. The van der Waals surface area contributed by atoms with Gasteiger partial charge in [0.25, 0.3) is 0 Å². The molecule has 140 valence electrons. The van der Waals surface area contributed by atoms with Gasteiger partial charge >= 0.3 is 6.03 Å². The average molecular weight is 356 g/mol. The number of hydrogen-bond donors (Lipinski definition) is 1. The number of nitrogens with zero attached hydrogens (tertiary/aromatic N) is 3. The topological polar surface area (TPSA) is 63.3 Å². The molecule has 6 heteroatoms. The summed E-state index contributed by atoms with van der Waals surface area (Å²) >= 11 is 0. The van der Waals surface area contributed by atoms with E-state index in [2.05, 4.69) is 5.32 Å². The first-order valence-corrected chi connectivity index (χ1v) is 9.82. The van der Waals surface area contributed by atoms with Gasteiger partial charge in [-0.05, 0) is 49.8 Å². The van der Waals surface area contributed by atoms with Crippen LogP contribution in [0.2, 0.25) is 0 Å². The normalized spacial score (nSPS) is 17.3. The Hall–Kier alpha value is -2.24. The van der Waals surface area contributed by atoms with Gasteiger partial charge in [-0.3, -0.25) is 4.68 Å². The van der Waals surface area contributed by atoms with E-state index in [0.29, 0.717) is 19.1 Å². The van der Waals surface area contributed by atoms with Crippen LogP contribution in [0, 0.1) is 0 Å². The number of nitrogens with one attached hydrogen (secondary N) is 1. The molecule has 0 radical (unpaired) electrons. The Morgan fingerprint density at radius 2 is 2.12 bits per heavy atom. The maximum Gasteiger partial charge on any atom is 0.318 e. The molecule has 0 bridgehead atoms. The van der Waals surface area contributed by atoms with Crippen LogP contribution < -0.4 is 5.32 Å². The number of aryl methyl sites for hydroxylation is 1. The zero-order valence-electron chi connectivity index (χ0n) is 15.5. The Kier molecular flexibility index (Phi) is 5.00. The van der Waals surface area contributed by atoms with Gasteiger partial charge in [0.05, 0.1) is 25.0 Å². The van der Waals surface area contributed by atoms with Crippen molar-refractivity contribution in [2.45, 2.75) is 70.5 Å². The lowest BCUT2D eigenvalue weighted by molar-refractivity contribution is 0.179. The summed E-state index contributed by atoms with van der Waals surface area (Å²) in [7, 11) is 2.01. The Morgan fingerprint density at radius 1 is 1.27 bits per heavy atom. The SMILES string of the molecule is Cn1nc(CN(Cc2ccco2)C(=O)NC2CCCCC2)c2c1CCC2. The van der Waals surface area contributed by atoms with Gasteiger partial charge in [0.1, 0.15) is 5.76 Å². The predicted octanol–water partition coefficient (Wildman–Crippen LogP) is 3.55. The summed E-state index contributed by atoms with van der Waals surface area (Å²) in [6.07, 6.45) is 10.9. The maximum atomic E-state index is 13.0. The van der Waals surface area contributed by atoms with Crippen LogP contribution in [-0.2, 0) is 33.0 Å². The van der Waals surface area contributed by atoms with Crippen molar-refractivity contribution in [3.05, 3.63) is 41.1 Å². The van der Waals surface area contributed by atoms with Gasteiger partial charge in [0.2, 0.25) is 0 Å². The molecule has 1 N–H and O–H groups in total. The highest BCUT2D eigenvalue weighted by Crippen LogP contribution is 2.26. The van der Waals surface area contributed by atoms with E-state index in [1.807, 2.05) is 28.8 Å². The number of aromatic nitrogens is 2. The smallest absolute Gasteiger partial charge is 0.318 e. The molecule has 0 unspecified atom stereocenters. The van der Waals surface area contributed by atoms with Gasteiger partial charge in [0, 0.05) is 18.8 Å². The number of furan rings is 1. The first kappa shape index (κ1) is 17.2. The van der Waals surface area contributed by atoms with Crippen LogP contribution in [0.5, 0.6) is 0 Å². The van der Waals surface area contributed by atoms with Gasteiger partial charge in [0.15, 0.2) is 0 Å². The molecule has 26 heavy (non-hydrogen) atoms. The van der Waals surface area contributed by atoms with E-state index in [1.54, 1.807) is 6.26 Å². The van der Waals surface area contributed by atoms with Crippen molar-refractivity contribution in [1.29, 1.82) is 0 Å². The van der Waals surface area contributed by atoms with Gasteiger partial charge in [-0.25, -0.2) is 4.79 Å². The molecule has 0 aliphatic heterocycles. The van der Waals surface area contributed by atoms with Crippen molar-refractivity contribution in [3.63, 3.8) is 0 Å². The largest absolute Gasteiger partial charge is 0.467 e. The van der Waals surface area contributed by atoms with E-state index in [4.69, 9.17) is 9.52 Å². The summed E-state index contributed by atoms with van der Waals surface area (Å²) in [6.45, 7) is 0.999. The number of fused-ring (bicyclic) bond motifs is 1. The number of urea groups is 1. The fourth-order valence-corrected chi connectivity index (χ4v) is 4.31. The summed E-state index contributed by atoms with van der Waals surface area (Å²) in [6, 6.07) is 4.07. The lowest BCUT2D eigenvalue weighted by Gasteiger charge is -2.28. The van der Waals surface area contributed by atoms with E-state index in [1.165, 1.54) is 36.9 Å². The van der Waals surface area contributed by atoms with Gasteiger partial charge in [-0.1, -0.05) is 19.3 Å². The first-order chi connectivity index (χ1) is 12.7. The van der Waals surface area contributed by atoms with E-state index in [0.717, 1.165) is 37.1 Å². The second kappa shape index (κ2) is 7.56. The highest BCUT2D eigenvalue weighted by Gasteiger charge is 2.26. The molecule has 2 aromatic rings. The molecule has 4 rings (SSSR count). The zero-order valence-corrected chi connectivity index (χ0v) is 15.5. The fraction of sp³-hybridized carbons (Fsp3) is 0.600. The van der Waals surface area contributed by atoms with Crippen LogP contribution in [0.3, 0.4) is 0 Å². The zero-order chi connectivity index (χ0) is 17.9. The Bertz CT molecular complexity index is 744. The molecule has 2 heterocycles. The molecule has 2 aromatic heterocycles. The minimum Gasteiger partial charge on any atom is -0.467 e. The molecule has 1 fully saturated rings. The quantitative estimate of drug-likeness (QED) is 0.891. The van der Waals surface area contributed by atoms with Crippen LogP contribution in [0.25, 0.3) is 0 Å². The number of amides is 2. The van der Waals surface area contributed by atoms with Crippen LogP contribution >= 0.6 is 0 Å². The molecule has 0 spiro atoms. The van der Waals surface area contributed by atoms with Crippen LogP contribution in [0.15, 0.2) is 22.8 Å². The van der Waals surface area contributed by atoms with Crippen molar-refractivity contribution in [1.82, 2.24) is 20.0 Å². The number of rotatable bonds is 5. The molecule has 0 aromatic carbocycles. The molecule has 0 saturated heterocycles. The Balaban J connectivity index is 1.50. The highest BCUT2D eigenvalue weighted by molar-refractivity contribution is 5.74. The minimum absolute atomic E-state index is 0.00861.